The summed E-state index contributed by atoms with van der Waals surface area (Å²) in [6.07, 6.45) is 0. The highest BCUT2D eigenvalue weighted by Gasteiger charge is 2.30. The van der Waals surface area contributed by atoms with Crippen molar-refractivity contribution >= 4 is 27.1 Å². The van der Waals surface area contributed by atoms with E-state index in [-0.39, 0.29) is 11.4 Å². The molecule has 0 spiro atoms. The highest BCUT2D eigenvalue weighted by atomic mass is 32.2. The predicted octanol–water partition coefficient (Wildman–Crippen LogP) is 3.72. The topological polar surface area (TPSA) is 90.9 Å². The number of benzene rings is 2. The van der Waals surface area contributed by atoms with Gasteiger partial charge in [-0.3, -0.25) is 4.79 Å². The minimum absolute atomic E-state index is 0.0813. The van der Waals surface area contributed by atoms with Gasteiger partial charge < -0.3 is 19.5 Å². The van der Waals surface area contributed by atoms with E-state index < -0.39 is 21.0 Å². The van der Waals surface area contributed by atoms with Gasteiger partial charge in [-0.1, -0.05) is 6.07 Å². The van der Waals surface area contributed by atoms with Gasteiger partial charge in [0.1, 0.15) is 11.0 Å². The van der Waals surface area contributed by atoms with E-state index >= 15 is 0 Å². The van der Waals surface area contributed by atoms with Crippen LogP contribution in [0, 0.1) is 0 Å². The fourth-order valence-electron chi connectivity index (χ4n) is 3.03. The van der Waals surface area contributed by atoms with E-state index in [9.17, 15) is 13.2 Å². The van der Waals surface area contributed by atoms with Crippen molar-refractivity contribution in [2.45, 2.75) is 10.1 Å². The zero-order chi connectivity index (χ0) is 22.4. The number of carbonyl (C=O) groups is 1. The number of sulfone groups is 1. The molecular weight excluding hydrogens is 438 g/mol. The predicted molar refractivity (Wildman–Crippen MR) is 119 cm³/mol. The quantitative estimate of drug-likeness (QED) is 0.522. The summed E-state index contributed by atoms with van der Waals surface area (Å²) in [5.41, 5.74) is 0.337. The van der Waals surface area contributed by atoms with E-state index in [4.69, 9.17) is 14.2 Å². The molecule has 0 bridgehead atoms. The maximum atomic E-state index is 13.3. The van der Waals surface area contributed by atoms with Crippen LogP contribution in [0.1, 0.15) is 20.5 Å². The van der Waals surface area contributed by atoms with Crippen molar-refractivity contribution in [2.75, 3.05) is 27.9 Å². The highest BCUT2D eigenvalue weighted by Crippen LogP contribution is 2.32. The van der Waals surface area contributed by atoms with Gasteiger partial charge >= 0.3 is 0 Å². The second kappa shape index (κ2) is 9.84. The summed E-state index contributed by atoms with van der Waals surface area (Å²) in [6.45, 7) is -0.0813. The number of hydrogen-bond donors (Lipinski definition) is 1. The van der Waals surface area contributed by atoms with Gasteiger partial charge in [-0.2, -0.15) is 0 Å². The Hall–Kier alpha value is -3.04. The van der Waals surface area contributed by atoms with Gasteiger partial charge in [0.15, 0.2) is 21.3 Å². The van der Waals surface area contributed by atoms with E-state index in [2.05, 4.69) is 5.32 Å². The Morgan fingerprint density at radius 2 is 1.68 bits per heavy atom. The third-order valence-corrected chi connectivity index (χ3v) is 7.95. The van der Waals surface area contributed by atoms with Crippen LogP contribution >= 0.6 is 11.3 Å². The van der Waals surface area contributed by atoms with Gasteiger partial charge in [0, 0.05) is 17.0 Å². The first kappa shape index (κ1) is 22.6. The van der Waals surface area contributed by atoms with E-state index in [0.29, 0.717) is 27.7 Å². The number of methoxy groups -OCH3 is 3. The van der Waals surface area contributed by atoms with Crippen LogP contribution in [0.25, 0.3) is 0 Å². The van der Waals surface area contributed by atoms with Gasteiger partial charge in [-0.15, -0.1) is 11.3 Å². The van der Waals surface area contributed by atoms with Gasteiger partial charge in [0.2, 0.25) is 0 Å². The van der Waals surface area contributed by atoms with Crippen molar-refractivity contribution in [1.29, 1.82) is 0 Å². The third kappa shape index (κ3) is 5.00. The van der Waals surface area contributed by atoms with Crippen molar-refractivity contribution in [2.24, 2.45) is 0 Å². The monoisotopic (exact) mass is 461 g/mol. The average Bonchev–Trinajstić information content (AvgIpc) is 3.32. The molecule has 0 fully saturated rings. The molecule has 0 radical (unpaired) electrons. The van der Waals surface area contributed by atoms with E-state index in [1.807, 2.05) is 5.38 Å². The third-order valence-electron chi connectivity index (χ3n) is 4.72. The molecule has 0 saturated heterocycles. The Labute approximate surface area is 185 Å². The lowest BCUT2D eigenvalue weighted by molar-refractivity contribution is 0.0953. The molecule has 0 aliphatic heterocycles. The molecule has 9 heteroatoms. The molecule has 1 N–H and O–H groups in total. The smallest absolute Gasteiger partial charge is 0.251 e. The summed E-state index contributed by atoms with van der Waals surface area (Å²) in [6, 6.07) is 14.5. The van der Waals surface area contributed by atoms with Crippen LogP contribution in [0.5, 0.6) is 17.2 Å². The van der Waals surface area contributed by atoms with Crippen molar-refractivity contribution in [3.05, 3.63) is 70.4 Å². The first-order valence-corrected chi connectivity index (χ1v) is 11.7. The minimum atomic E-state index is -3.75. The van der Waals surface area contributed by atoms with Crippen LogP contribution in [0.2, 0.25) is 0 Å². The number of nitrogens with one attached hydrogen (secondary N) is 1. The molecular formula is C22H23NO6S2. The summed E-state index contributed by atoms with van der Waals surface area (Å²) < 4.78 is 42.2. The Morgan fingerprint density at radius 1 is 0.968 bits per heavy atom. The largest absolute Gasteiger partial charge is 0.497 e. The number of ether oxygens (including phenoxy) is 3. The van der Waals surface area contributed by atoms with Crippen LogP contribution in [0.15, 0.2) is 64.9 Å². The van der Waals surface area contributed by atoms with Crippen molar-refractivity contribution in [3.8, 4) is 17.2 Å². The summed E-state index contributed by atoms with van der Waals surface area (Å²) in [5, 5.41) is 3.62. The standard InChI is InChI=1S/C22H23NO6S2/c1-27-16-7-9-17(10-8-16)31(25,26)21(20-5-4-12-30-20)14-23-22(24)15-6-11-18(28-2)19(13-15)29-3/h4-13,21H,14H2,1-3H3,(H,23,24)/t21-/m0/s1. The van der Waals surface area contributed by atoms with Crippen LogP contribution in [-0.2, 0) is 9.84 Å². The van der Waals surface area contributed by atoms with Crippen molar-refractivity contribution in [1.82, 2.24) is 5.32 Å². The van der Waals surface area contributed by atoms with Gasteiger partial charge in [-0.25, -0.2) is 8.42 Å². The molecule has 3 aromatic rings. The molecule has 7 nitrogen and oxygen atoms in total. The number of amides is 1. The highest BCUT2D eigenvalue weighted by molar-refractivity contribution is 7.91. The van der Waals surface area contributed by atoms with Crippen LogP contribution < -0.4 is 19.5 Å². The van der Waals surface area contributed by atoms with E-state index in [0.717, 1.165) is 0 Å². The van der Waals surface area contributed by atoms with E-state index in [1.54, 1.807) is 42.5 Å². The Balaban J connectivity index is 1.85. The average molecular weight is 462 g/mol. The normalized spacial score (nSPS) is 12.1. The lowest BCUT2D eigenvalue weighted by atomic mass is 10.2. The molecule has 0 aliphatic rings. The molecule has 1 amide bonds. The number of hydrogen-bond acceptors (Lipinski definition) is 7. The maximum Gasteiger partial charge on any atom is 0.251 e. The summed E-state index contributed by atoms with van der Waals surface area (Å²) in [5.74, 6) is 1.06. The molecule has 0 saturated carbocycles. The molecule has 0 aliphatic carbocycles. The number of thiophene rings is 1. The Bertz CT molecular complexity index is 1130. The number of rotatable bonds is 9. The molecule has 1 atom stereocenters. The fourth-order valence-corrected chi connectivity index (χ4v) is 5.82. The molecule has 0 unspecified atom stereocenters. The second-order valence-electron chi connectivity index (χ2n) is 6.50. The zero-order valence-corrected chi connectivity index (χ0v) is 19.0. The van der Waals surface area contributed by atoms with Crippen molar-refractivity contribution in [3.63, 3.8) is 0 Å². The molecule has 164 valence electrons. The van der Waals surface area contributed by atoms with Gasteiger partial charge in [0.05, 0.1) is 26.2 Å². The first-order valence-electron chi connectivity index (χ1n) is 9.32. The van der Waals surface area contributed by atoms with Crippen molar-refractivity contribution < 1.29 is 27.4 Å². The summed E-state index contributed by atoms with van der Waals surface area (Å²) in [7, 11) is 0.748. The fraction of sp³-hybridized carbons (Fsp3) is 0.227. The second-order valence-corrected chi connectivity index (χ2v) is 9.61. The van der Waals surface area contributed by atoms with Gasteiger partial charge in [-0.05, 0) is 53.9 Å². The lowest BCUT2D eigenvalue weighted by Gasteiger charge is -2.18. The minimum Gasteiger partial charge on any atom is -0.497 e. The number of carbonyl (C=O) groups excluding carboxylic acids is 1. The Morgan fingerprint density at radius 3 is 2.26 bits per heavy atom. The molecule has 2 aromatic carbocycles. The van der Waals surface area contributed by atoms with Crippen LogP contribution in [0.3, 0.4) is 0 Å². The van der Waals surface area contributed by atoms with Crippen LogP contribution in [-0.4, -0.2) is 42.2 Å². The summed E-state index contributed by atoms with van der Waals surface area (Å²) >= 11 is 1.33. The molecule has 1 aromatic heterocycles. The Kier molecular flexibility index (Phi) is 7.19. The molecule has 31 heavy (non-hydrogen) atoms. The van der Waals surface area contributed by atoms with Crippen LogP contribution in [0.4, 0.5) is 0 Å². The summed E-state index contributed by atoms with van der Waals surface area (Å²) in [4.78, 5) is 13.5. The molecule has 3 rings (SSSR count). The van der Waals surface area contributed by atoms with Gasteiger partial charge in [0.25, 0.3) is 5.91 Å². The van der Waals surface area contributed by atoms with E-state index in [1.165, 1.54) is 44.8 Å². The maximum absolute atomic E-state index is 13.3. The molecule has 1 heterocycles. The zero-order valence-electron chi connectivity index (χ0n) is 17.3. The SMILES string of the molecule is COc1ccc(S(=O)(=O)[C@@H](CNC(=O)c2ccc(OC)c(OC)c2)c2cccs2)cc1. The first-order chi connectivity index (χ1) is 14.9. The lowest BCUT2D eigenvalue weighted by Crippen LogP contribution is -2.31.